The first-order valence-electron chi connectivity index (χ1n) is 4.54. The smallest absolute Gasteiger partial charge is 0.159 e. The number of ether oxygens (including phenoxy) is 1. The van der Waals surface area contributed by atoms with Gasteiger partial charge in [-0.1, -0.05) is 13.0 Å². The van der Waals surface area contributed by atoms with Gasteiger partial charge in [0.2, 0.25) is 0 Å². The van der Waals surface area contributed by atoms with Crippen LogP contribution in [0.15, 0.2) is 18.2 Å². The van der Waals surface area contributed by atoms with Crippen LogP contribution in [0.2, 0.25) is 0 Å². The van der Waals surface area contributed by atoms with Crippen LogP contribution in [0.5, 0.6) is 0 Å². The lowest BCUT2D eigenvalue weighted by molar-refractivity contribution is 0.0989. The third-order valence-corrected chi connectivity index (χ3v) is 2.55. The summed E-state index contributed by atoms with van der Waals surface area (Å²) in [5, 5.41) is 0. The molecule has 1 aromatic carbocycles. The minimum Gasteiger partial charge on any atom is -0.381 e. The summed E-state index contributed by atoms with van der Waals surface area (Å²) in [6, 6.07) is 3.94. The van der Waals surface area contributed by atoms with Gasteiger partial charge in [-0.2, -0.15) is 0 Å². The third-order valence-electron chi connectivity index (χ3n) is 2.55. The molecule has 1 nitrogen and oxygen atoms in total. The molecule has 0 heterocycles. The predicted octanol–water partition coefficient (Wildman–Crippen LogP) is 3.10. The highest BCUT2D eigenvalue weighted by Gasteiger charge is 2.15. The van der Waals surface area contributed by atoms with Gasteiger partial charge in [0, 0.05) is 13.0 Å². The van der Waals surface area contributed by atoms with E-state index in [9.17, 15) is 8.78 Å². The largest absolute Gasteiger partial charge is 0.381 e. The molecule has 0 aliphatic rings. The van der Waals surface area contributed by atoms with Crippen LogP contribution in [-0.2, 0) is 4.74 Å². The second kappa shape index (κ2) is 4.51. The molecule has 78 valence electrons. The summed E-state index contributed by atoms with van der Waals surface area (Å²) in [4.78, 5) is 0. The predicted molar refractivity (Wildman–Crippen MR) is 51.2 cm³/mol. The normalized spacial score (nSPS) is 15.2. The number of rotatable bonds is 3. The molecule has 1 unspecified atom stereocenters. The maximum atomic E-state index is 12.9. The Bertz CT molecular complexity index is 312. The molecule has 3 heteroatoms. The van der Waals surface area contributed by atoms with Crippen molar-refractivity contribution in [2.45, 2.75) is 25.9 Å². The number of hydrogen-bond acceptors (Lipinski definition) is 1. The van der Waals surface area contributed by atoms with E-state index < -0.39 is 11.6 Å². The summed E-state index contributed by atoms with van der Waals surface area (Å²) >= 11 is 0. The van der Waals surface area contributed by atoms with Crippen LogP contribution in [-0.4, -0.2) is 13.2 Å². The van der Waals surface area contributed by atoms with Crippen molar-refractivity contribution in [2.75, 3.05) is 7.11 Å². The molecule has 0 aromatic heterocycles. The summed E-state index contributed by atoms with van der Waals surface area (Å²) < 4.78 is 30.7. The molecule has 1 aromatic rings. The van der Waals surface area contributed by atoms with Gasteiger partial charge in [-0.3, -0.25) is 0 Å². The Balaban J connectivity index is 2.91. The van der Waals surface area contributed by atoms with Crippen molar-refractivity contribution in [2.24, 2.45) is 0 Å². The summed E-state index contributed by atoms with van der Waals surface area (Å²) in [5.74, 6) is -1.57. The molecule has 14 heavy (non-hydrogen) atoms. The third kappa shape index (κ3) is 2.29. The van der Waals surface area contributed by atoms with E-state index in [0.29, 0.717) is 0 Å². The molecule has 0 aliphatic heterocycles. The maximum absolute atomic E-state index is 12.9. The minimum absolute atomic E-state index is 0.0140. The van der Waals surface area contributed by atoms with E-state index in [-0.39, 0.29) is 12.0 Å². The SMILES string of the molecule is COC(C)[C@H](C)c1ccc(F)c(F)c1. The first-order chi connectivity index (χ1) is 6.56. The molecule has 0 saturated heterocycles. The van der Waals surface area contributed by atoms with E-state index in [4.69, 9.17) is 4.74 Å². The van der Waals surface area contributed by atoms with Crippen molar-refractivity contribution < 1.29 is 13.5 Å². The quantitative estimate of drug-likeness (QED) is 0.728. The lowest BCUT2D eigenvalue weighted by Gasteiger charge is -2.18. The van der Waals surface area contributed by atoms with Crippen LogP contribution in [0.4, 0.5) is 8.78 Å². The minimum atomic E-state index is -0.814. The van der Waals surface area contributed by atoms with Crippen LogP contribution in [0.25, 0.3) is 0 Å². The Labute approximate surface area is 82.7 Å². The zero-order chi connectivity index (χ0) is 10.7. The first kappa shape index (κ1) is 11.1. The van der Waals surface area contributed by atoms with E-state index in [1.54, 1.807) is 13.2 Å². The summed E-state index contributed by atoms with van der Waals surface area (Å²) in [6.07, 6.45) is -0.0140. The highest BCUT2D eigenvalue weighted by Crippen LogP contribution is 2.22. The summed E-state index contributed by atoms with van der Waals surface area (Å²) in [6.45, 7) is 3.81. The standard InChI is InChI=1S/C11H14F2O/c1-7(8(2)14-3)9-4-5-10(12)11(13)6-9/h4-8H,1-3H3/t7-,8?/m0/s1. The molecule has 0 fully saturated rings. The van der Waals surface area contributed by atoms with E-state index in [0.717, 1.165) is 11.6 Å². The molecule has 0 saturated carbocycles. The molecule has 0 aliphatic carbocycles. The number of hydrogen-bond donors (Lipinski definition) is 0. The average Bonchev–Trinajstić information content (AvgIpc) is 2.20. The second-order valence-corrected chi connectivity index (χ2v) is 3.40. The van der Waals surface area contributed by atoms with Gasteiger partial charge in [0.05, 0.1) is 6.10 Å². The van der Waals surface area contributed by atoms with Crippen LogP contribution in [0.1, 0.15) is 25.3 Å². The molecule has 0 N–H and O–H groups in total. The number of halogens is 2. The van der Waals surface area contributed by atoms with Crippen molar-refractivity contribution in [3.63, 3.8) is 0 Å². The average molecular weight is 200 g/mol. The Morgan fingerprint density at radius 2 is 1.79 bits per heavy atom. The van der Waals surface area contributed by atoms with Gasteiger partial charge < -0.3 is 4.74 Å². The zero-order valence-electron chi connectivity index (χ0n) is 8.55. The van der Waals surface area contributed by atoms with Crippen LogP contribution in [0, 0.1) is 11.6 Å². The van der Waals surface area contributed by atoms with Gasteiger partial charge in [0.15, 0.2) is 11.6 Å². The van der Waals surface area contributed by atoms with Gasteiger partial charge in [0.25, 0.3) is 0 Å². The summed E-state index contributed by atoms with van der Waals surface area (Å²) in [7, 11) is 1.60. The van der Waals surface area contributed by atoms with Crippen LogP contribution >= 0.6 is 0 Å². The van der Waals surface area contributed by atoms with E-state index in [2.05, 4.69) is 0 Å². The van der Waals surface area contributed by atoms with Gasteiger partial charge in [-0.25, -0.2) is 8.78 Å². The number of methoxy groups -OCH3 is 1. The molecule has 0 radical (unpaired) electrons. The molecule has 0 spiro atoms. The van der Waals surface area contributed by atoms with E-state index in [1.165, 1.54) is 6.07 Å². The Morgan fingerprint density at radius 3 is 2.29 bits per heavy atom. The van der Waals surface area contributed by atoms with Crippen LogP contribution in [0.3, 0.4) is 0 Å². The molecular formula is C11H14F2O. The van der Waals surface area contributed by atoms with Gasteiger partial charge in [-0.15, -0.1) is 0 Å². The zero-order valence-corrected chi connectivity index (χ0v) is 8.55. The lowest BCUT2D eigenvalue weighted by atomic mass is 9.96. The summed E-state index contributed by atoms with van der Waals surface area (Å²) in [5.41, 5.74) is 0.748. The first-order valence-corrected chi connectivity index (χ1v) is 4.54. The van der Waals surface area contributed by atoms with Gasteiger partial charge in [0.1, 0.15) is 0 Å². The van der Waals surface area contributed by atoms with E-state index >= 15 is 0 Å². The highest BCUT2D eigenvalue weighted by molar-refractivity contribution is 5.22. The molecular weight excluding hydrogens is 186 g/mol. The van der Waals surface area contributed by atoms with Crippen molar-refractivity contribution in [3.8, 4) is 0 Å². The van der Waals surface area contributed by atoms with Gasteiger partial charge >= 0.3 is 0 Å². The topological polar surface area (TPSA) is 9.23 Å². The molecule has 0 amide bonds. The molecule has 0 bridgehead atoms. The molecule has 1 rings (SSSR count). The van der Waals surface area contributed by atoms with Crippen molar-refractivity contribution in [1.82, 2.24) is 0 Å². The Kier molecular flexibility index (Phi) is 3.58. The Hall–Kier alpha value is -0.960. The fourth-order valence-electron chi connectivity index (χ4n) is 1.27. The second-order valence-electron chi connectivity index (χ2n) is 3.40. The fraction of sp³-hybridized carbons (Fsp3) is 0.455. The monoisotopic (exact) mass is 200 g/mol. The van der Waals surface area contributed by atoms with E-state index in [1.807, 2.05) is 13.8 Å². The van der Waals surface area contributed by atoms with Crippen LogP contribution < -0.4 is 0 Å². The Morgan fingerprint density at radius 1 is 1.14 bits per heavy atom. The maximum Gasteiger partial charge on any atom is 0.159 e. The fourth-order valence-corrected chi connectivity index (χ4v) is 1.27. The lowest BCUT2D eigenvalue weighted by Crippen LogP contribution is -2.14. The van der Waals surface area contributed by atoms with Crippen molar-refractivity contribution >= 4 is 0 Å². The molecule has 2 atom stereocenters. The number of benzene rings is 1. The van der Waals surface area contributed by atoms with Gasteiger partial charge in [-0.05, 0) is 24.6 Å². The highest BCUT2D eigenvalue weighted by atomic mass is 19.2. The van der Waals surface area contributed by atoms with Crippen molar-refractivity contribution in [1.29, 1.82) is 0 Å². The van der Waals surface area contributed by atoms with Crippen molar-refractivity contribution in [3.05, 3.63) is 35.4 Å².